The van der Waals surface area contributed by atoms with E-state index in [9.17, 15) is 4.79 Å². The van der Waals surface area contributed by atoms with Crippen LogP contribution in [0.5, 0.6) is 0 Å². The summed E-state index contributed by atoms with van der Waals surface area (Å²) in [4.78, 5) is 11.3. The van der Waals surface area contributed by atoms with E-state index in [-0.39, 0.29) is 12.5 Å². The molecule has 0 aromatic heterocycles. The summed E-state index contributed by atoms with van der Waals surface area (Å²) >= 11 is 5.92. The van der Waals surface area contributed by atoms with Gasteiger partial charge in [-0.3, -0.25) is 4.79 Å². The first-order valence-electron chi connectivity index (χ1n) is 4.98. The van der Waals surface area contributed by atoms with Crippen molar-refractivity contribution in [1.82, 2.24) is 5.32 Å². The zero-order valence-corrected chi connectivity index (χ0v) is 9.88. The fourth-order valence-corrected chi connectivity index (χ4v) is 1.34. The molecule has 1 amide bonds. The van der Waals surface area contributed by atoms with Gasteiger partial charge in [0.15, 0.2) is 0 Å². The number of rotatable bonds is 6. The maximum absolute atomic E-state index is 11.3. The highest BCUT2D eigenvalue weighted by molar-refractivity contribution is 6.33. The summed E-state index contributed by atoms with van der Waals surface area (Å²) in [5.41, 5.74) is 0.756. The first-order valence-corrected chi connectivity index (χ1v) is 5.36. The van der Waals surface area contributed by atoms with Crippen molar-refractivity contribution in [3.05, 3.63) is 29.3 Å². The number of hydrogen-bond donors (Lipinski definition) is 2. The van der Waals surface area contributed by atoms with E-state index < -0.39 is 0 Å². The van der Waals surface area contributed by atoms with Crippen molar-refractivity contribution in [1.29, 1.82) is 0 Å². The molecule has 0 aliphatic heterocycles. The molecule has 0 atom stereocenters. The van der Waals surface area contributed by atoms with E-state index >= 15 is 0 Å². The van der Waals surface area contributed by atoms with E-state index in [2.05, 4.69) is 10.6 Å². The Kier molecular flexibility index (Phi) is 5.67. The average Bonchev–Trinajstić information content (AvgIpc) is 2.28. The number of ether oxygens (including phenoxy) is 1. The van der Waals surface area contributed by atoms with Gasteiger partial charge in [-0.1, -0.05) is 23.7 Å². The van der Waals surface area contributed by atoms with E-state index in [1.54, 1.807) is 13.2 Å². The Morgan fingerprint density at radius 2 is 2.19 bits per heavy atom. The van der Waals surface area contributed by atoms with Crippen LogP contribution in [0.15, 0.2) is 24.3 Å². The molecule has 0 saturated carbocycles. The van der Waals surface area contributed by atoms with Crippen LogP contribution in [0, 0.1) is 0 Å². The van der Waals surface area contributed by atoms with Crippen LogP contribution in [0.4, 0.5) is 5.69 Å². The van der Waals surface area contributed by atoms with Crippen LogP contribution < -0.4 is 10.6 Å². The molecule has 0 bridgehead atoms. The molecule has 5 heteroatoms. The third kappa shape index (κ3) is 4.51. The molecule has 0 aliphatic carbocycles. The van der Waals surface area contributed by atoms with Gasteiger partial charge in [-0.05, 0) is 12.1 Å². The minimum absolute atomic E-state index is 0.0861. The van der Waals surface area contributed by atoms with Crippen molar-refractivity contribution in [2.45, 2.75) is 0 Å². The Morgan fingerprint density at radius 1 is 1.44 bits per heavy atom. The number of halogens is 1. The van der Waals surface area contributed by atoms with Gasteiger partial charge in [0.05, 0.1) is 23.9 Å². The minimum atomic E-state index is -0.0861. The molecule has 0 unspecified atom stereocenters. The Morgan fingerprint density at radius 3 is 2.88 bits per heavy atom. The summed E-state index contributed by atoms with van der Waals surface area (Å²) in [6, 6.07) is 7.29. The average molecular weight is 243 g/mol. The van der Waals surface area contributed by atoms with Crippen molar-refractivity contribution in [3.8, 4) is 0 Å². The first kappa shape index (κ1) is 12.8. The number of nitrogens with one attached hydrogen (secondary N) is 2. The van der Waals surface area contributed by atoms with Gasteiger partial charge in [0.25, 0.3) is 0 Å². The van der Waals surface area contributed by atoms with E-state index in [0.717, 1.165) is 5.69 Å². The van der Waals surface area contributed by atoms with Gasteiger partial charge in [-0.25, -0.2) is 0 Å². The van der Waals surface area contributed by atoms with Gasteiger partial charge in [0.2, 0.25) is 5.91 Å². The second-order valence-corrected chi connectivity index (χ2v) is 3.58. The summed E-state index contributed by atoms with van der Waals surface area (Å²) < 4.78 is 4.82. The van der Waals surface area contributed by atoms with E-state index in [0.29, 0.717) is 18.2 Å². The number of amides is 1. The molecular weight excluding hydrogens is 228 g/mol. The van der Waals surface area contributed by atoms with Crippen LogP contribution >= 0.6 is 11.6 Å². The number of methoxy groups -OCH3 is 1. The predicted octanol–water partition coefficient (Wildman–Crippen LogP) is 1.51. The topological polar surface area (TPSA) is 50.4 Å². The number of hydrogen-bond acceptors (Lipinski definition) is 3. The Bertz CT molecular complexity index is 345. The van der Waals surface area contributed by atoms with Crippen LogP contribution in [0.25, 0.3) is 0 Å². The predicted molar refractivity (Wildman–Crippen MR) is 64.8 cm³/mol. The lowest BCUT2D eigenvalue weighted by Crippen LogP contribution is -2.32. The highest BCUT2D eigenvalue weighted by atomic mass is 35.5. The molecular formula is C11H15ClN2O2. The normalized spacial score (nSPS) is 9.88. The second kappa shape index (κ2) is 7.09. The smallest absolute Gasteiger partial charge is 0.239 e. The minimum Gasteiger partial charge on any atom is -0.383 e. The monoisotopic (exact) mass is 242 g/mol. The van der Waals surface area contributed by atoms with Gasteiger partial charge in [0, 0.05) is 13.7 Å². The number of carbonyl (C=O) groups is 1. The quantitative estimate of drug-likeness (QED) is 0.744. The zero-order chi connectivity index (χ0) is 11.8. The SMILES string of the molecule is COCCNC(=O)CNc1ccccc1Cl. The third-order valence-electron chi connectivity index (χ3n) is 1.94. The van der Waals surface area contributed by atoms with Gasteiger partial charge >= 0.3 is 0 Å². The van der Waals surface area contributed by atoms with Crippen LogP contribution in [-0.4, -0.2) is 32.7 Å². The summed E-state index contributed by atoms with van der Waals surface area (Å²) in [6.45, 7) is 1.23. The van der Waals surface area contributed by atoms with Crippen LogP contribution in [0.2, 0.25) is 5.02 Å². The Hall–Kier alpha value is -1.26. The Balaban J connectivity index is 2.29. The van der Waals surface area contributed by atoms with Gasteiger partial charge < -0.3 is 15.4 Å². The number of benzene rings is 1. The Labute approximate surface area is 99.9 Å². The molecule has 0 heterocycles. The molecule has 0 spiro atoms. The lowest BCUT2D eigenvalue weighted by molar-refractivity contribution is -0.119. The molecule has 1 rings (SSSR count). The number of carbonyl (C=O) groups excluding carboxylic acids is 1. The molecule has 2 N–H and O–H groups in total. The van der Waals surface area contributed by atoms with Crippen molar-refractivity contribution in [2.24, 2.45) is 0 Å². The molecule has 1 aromatic rings. The highest BCUT2D eigenvalue weighted by Crippen LogP contribution is 2.19. The largest absolute Gasteiger partial charge is 0.383 e. The summed E-state index contributed by atoms with van der Waals surface area (Å²) in [7, 11) is 1.59. The molecule has 1 aromatic carbocycles. The van der Waals surface area contributed by atoms with E-state index in [1.165, 1.54) is 0 Å². The summed E-state index contributed by atoms with van der Waals surface area (Å²) in [5.74, 6) is -0.0861. The van der Waals surface area contributed by atoms with Crippen molar-refractivity contribution < 1.29 is 9.53 Å². The maximum Gasteiger partial charge on any atom is 0.239 e. The molecule has 0 saturated heterocycles. The van der Waals surface area contributed by atoms with Crippen LogP contribution in [0.1, 0.15) is 0 Å². The van der Waals surface area contributed by atoms with Gasteiger partial charge in [0.1, 0.15) is 0 Å². The summed E-state index contributed by atoms with van der Waals surface area (Å²) in [5, 5.41) is 6.26. The van der Waals surface area contributed by atoms with Gasteiger partial charge in [-0.2, -0.15) is 0 Å². The van der Waals surface area contributed by atoms with Crippen molar-refractivity contribution >= 4 is 23.2 Å². The number of para-hydroxylation sites is 1. The molecule has 88 valence electrons. The first-order chi connectivity index (χ1) is 7.74. The van der Waals surface area contributed by atoms with Gasteiger partial charge in [-0.15, -0.1) is 0 Å². The molecule has 4 nitrogen and oxygen atoms in total. The van der Waals surface area contributed by atoms with Crippen LogP contribution in [0.3, 0.4) is 0 Å². The van der Waals surface area contributed by atoms with Crippen molar-refractivity contribution in [2.75, 3.05) is 32.1 Å². The molecule has 0 radical (unpaired) electrons. The zero-order valence-electron chi connectivity index (χ0n) is 9.13. The second-order valence-electron chi connectivity index (χ2n) is 3.18. The lowest BCUT2D eigenvalue weighted by atomic mass is 10.3. The fourth-order valence-electron chi connectivity index (χ4n) is 1.14. The van der Waals surface area contributed by atoms with Crippen molar-refractivity contribution in [3.63, 3.8) is 0 Å². The molecule has 16 heavy (non-hydrogen) atoms. The summed E-state index contributed by atoms with van der Waals surface area (Å²) in [6.07, 6.45) is 0. The number of anilines is 1. The van der Waals surface area contributed by atoms with Crippen LogP contribution in [-0.2, 0) is 9.53 Å². The van der Waals surface area contributed by atoms with E-state index in [1.807, 2.05) is 18.2 Å². The maximum atomic E-state index is 11.3. The lowest BCUT2D eigenvalue weighted by Gasteiger charge is -2.08. The fraction of sp³-hybridized carbons (Fsp3) is 0.364. The molecule has 0 fully saturated rings. The molecule has 0 aliphatic rings. The third-order valence-corrected chi connectivity index (χ3v) is 2.27. The standard InChI is InChI=1S/C11H15ClN2O2/c1-16-7-6-13-11(15)8-14-10-5-3-2-4-9(10)12/h2-5,14H,6-8H2,1H3,(H,13,15). The van der Waals surface area contributed by atoms with E-state index in [4.69, 9.17) is 16.3 Å². The highest BCUT2D eigenvalue weighted by Gasteiger charge is 2.02.